The Hall–Kier alpha value is -3.28. The number of ketones is 2. The number of aliphatic imine (C=N–C) groups is 3. The molecular formula is C27H33ClN8O7S. The van der Waals surface area contributed by atoms with Crippen LogP contribution >= 0.6 is 23.4 Å². The molecule has 2 saturated heterocycles. The van der Waals surface area contributed by atoms with Gasteiger partial charge in [0.25, 0.3) is 5.12 Å². The number of fused-ring (bicyclic) bond motifs is 1. The monoisotopic (exact) mass is 648 g/mol. The summed E-state index contributed by atoms with van der Waals surface area (Å²) in [5, 5.41) is 39.9. The van der Waals surface area contributed by atoms with E-state index in [2.05, 4.69) is 25.5 Å². The number of nitrogens with zero attached hydrogens (tertiary/aromatic N) is 7. The quantitative estimate of drug-likeness (QED) is 0.211. The third-order valence-corrected chi connectivity index (χ3v) is 9.95. The van der Waals surface area contributed by atoms with E-state index in [1.165, 1.54) is 50.1 Å². The normalized spacial score (nSPS) is 37.4. The molecule has 4 heterocycles. The van der Waals surface area contributed by atoms with Crippen LogP contribution in [-0.2, 0) is 24.1 Å². The third-order valence-electron chi connectivity index (χ3n) is 7.93. The molecule has 4 aliphatic heterocycles. The molecule has 9 atom stereocenters. The lowest BCUT2D eigenvalue weighted by Gasteiger charge is -2.54. The van der Waals surface area contributed by atoms with Gasteiger partial charge in [0.2, 0.25) is 16.4 Å². The maximum Gasteiger partial charge on any atom is 0.253 e. The Morgan fingerprint density at radius 1 is 1.14 bits per heavy atom. The number of aliphatic hydroxyl groups excluding tert-OH is 3. The number of azo groups is 1. The van der Waals surface area contributed by atoms with Crippen molar-refractivity contribution in [2.75, 3.05) is 12.4 Å². The molecule has 15 nitrogen and oxygen atoms in total. The molecule has 1 aromatic carbocycles. The zero-order chi connectivity index (χ0) is 32.0. The summed E-state index contributed by atoms with van der Waals surface area (Å²) in [4.78, 5) is 54.8. The molecule has 17 heteroatoms. The van der Waals surface area contributed by atoms with Gasteiger partial charge >= 0.3 is 0 Å². The van der Waals surface area contributed by atoms with Crippen LogP contribution < -0.4 is 5.32 Å². The number of benzene rings is 1. The standard InChI is InChI=1S/C27H33ClN8O7S/c1-14(11-44-27(29-12-31-34-27)18-8-6-5-7-9-18)32-23-25(15(2)38)24(36(17(4)40)26(28,33-23)16(3)39)35(13-30-25)22-21(42)20(41)19(10-37)43-22/h5-9,12-14,19-22,24,37,41-42H,10-11H2,1-4H3,(H,32,33)/t14-,19-,20?,21?,22-,24?,25?,26?,27?/m1/s1. The van der Waals surface area contributed by atoms with Crippen LogP contribution in [0.1, 0.15) is 33.3 Å². The maximum atomic E-state index is 13.6. The number of alkyl halides is 1. The molecule has 0 bridgehead atoms. The Balaban J connectivity index is 1.55. The van der Waals surface area contributed by atoms with Crippen molar-refractivity contribution >= 4 is 59.3 Å². The highest BCUT2D eigenvalue weighted by Gasteiger charge is 2.68. The third kappa shape index (κ3) is 5.02. The van der Waals surface area contributed by atoms with Gasteiger partial charge in [-0.1, -0.05) is 53.7 Å². The van der Waals surface area contributed by atoms with Crippen molar-refractivity contribution in [2.45, 2.75) is 80.1 Å². The summed E-state index contributed by atoms with van der Waals surface area (Å²) in [5.74, 6) is -1.69. The molecule has 1 amide bonds. The van der Waals surface area contributed by atoms with E-state index in [0.717, 1.165) is 10.5 Å². The first kappa shape index (κ1) is 32.1. The number of hydrogen-bond acceptors (Lipinski definition) is 14. The number of carbonyl (C=O) groups excluding carboxylic acids is 3. The van der Waals surface area contributed by atoms with Crippen molar-refractivity contribution in [3.8, 4) is 0 Å². The number of halogens is 1. The van der Waals surface area contributed by atoms with E-state index in [-0.39, 0.29) is 5.84 Å². The first-order chi connectivity index (χ1) is 20.8. The first-order valence-corrected chi connectivity index (χ1v) is 15.2. The Kier molecular flexibility index (Phi) is 8.69. The molecule has 6 unspecified atom stereocenters. The summed E-state index contributed by atoms with van der Waals surface area (Å²) in [6, 6.07) is 8.84. The summed E-state index contributed by atoms with van der Waals surface area (Å²) in [5.41, 5.74) is -1.12. The lowest BCUT2D eigenvalue weighted by atomic mass is 9.85. The molecule has 236 valence electrons. The van der Waals surface area contributed by atoms with E-state index in [0.29, 0.717) is 5.75 Å². The summed E-state index contributed by atoms with van der Waals surface area (Å²) < 4.78 is 5.73. The van der Waals surface area contributed by atoms with Crippen LogP contribution in [0.3, 0.4) is 0 Å². The van der Waals surface area contributed by atoms with E-state index in [1.54, 1.807) is 6.92 Å². The van der Waals surface area contributed by atoms with Gasteiger partial charge in [-0.15, -0.1) is 10.2 Å². The predicted molar refractivity (Wildman–Crippen MR) is 161 cm³/mol. The Bertz CT molecular complexity index is 1430. The number of nitrogens with one attached hydrogen (secondary N) is 1. The fraction of sp³-hybridized carbons (Fsp3) is 0.556. The van der Waals surface area contributed by atoms with Gasteiger partial charge in [0, 0.05) is 25.2 Å². The van der Waals surface area contributed by atoms with Gasteiger partial charge < -0.3 is 30.3 Å². The average Bonchev–Trinajstić information content (AvgIpc) is 3.70. The van der Waals surface area contributed by atoms with Gasteiger partial charge in [-0.3, -0.25) is 24.3 Å². The van der Waals surface area contributed by atoms with Crippen molar-refractivity contribution in [1.82, 2.24) is 15.1 Å². The van der Waals surface area contributed by atoms with E-state index < -0.39 is 76.5 Å². The summed E-state index contributed by atoms with van der Waals surface area (Å²) in [7, 11) is 0. The first-order valence-electron chi connectivity index (χ1n) is 13.8. The highest BCUT2D eigenvalue weighted by Crippen LogP contribution is 2.45. The minimum Gasteiger partial charge on any atom is -0.394 e. The number of thioether (sulfide) groups is 1. The van der Waals surface area contributed by atoms with Gasteiger partial charge in [0.1, 0.15) is 30.5 Å². The molecule has 0 saturated carbocycles. The molecule has 4 N–H and O–H groups in total. The number of Topliss-reactive ketones (excluding diaryl/α,β-unsaturated/α-hetero) is 2. The van der Waals surface area contributed by atoms with Gasteiger partial charge in [0.05, 0.1) is 19.0 Å². The second-order valence-electron chi connectivity index (χ2n) is 10.9. The van der Waals surface area contributed by atoms with Crippen LogP contribution in [-0.4, -0.2) is 121 Å². The van der Waals surface area contributed by atoms with Crippen molar-refractivity contribution in [3.05, 3.63) is 35.9 Å². The fourth-order valence-corrected chi connectivity index (χ4v) is 7.08. The Morgan fingerprint density at radius 2 is 1.84 bits per heavy atom. The van der Waals surface area contributed by atoms with Crippen LogP contribution in [0.2, 0.25) is 0 Å². The van der Waals surface area contributed by atoms with E-state index >= 15 is 0 Å². The number of carbonyl (C=O) groups is 3. The maximum absolute atomic E-state index is 13.6. The van der Waals surface area contributed by atoms with E-state index in [9.17, 15) is 29.7 Å². The molecule has 0 aliphatic carbocycles. The molecule has 4 aliphatic rings. The molecule has 1 aromatic rings. The number of ether oxygens (including phenoxy) is 1. The number of amides is 1. The van der Waals surface area contributed by atoms with Crippen molar-refractivity contribution in [1.29, 1.82) is 0 Å². The van der Waals surface area contributed by atoms with Gasteiger partial charge in [0.15, 0.2) is 24.0 Å². The minimum atomic E-state index is -2.21. The minimum absolute atomic E-state index is 0.0818. The molecule has 5 rings (SSSR count). The summed E-state index contributed by atoms with van der Waals surface area (Å²) in [6.45, 7) is 4.77. The van der Waals surface area contributed by atoms with Crippen molar-refractivity contribution in [2.24, 2.45) is 25.2 Å². The van der Waals surface area contributed by atoms with Crippen molar-refractivity contribution < 1.29 is 34.4 Å². The van der Waals surface area contributed by atoms with E-state index in [4.69, 9.17) is 21.3 Å². The largest absolute Gasteiger partial charge is 0.394 e. The molecule has 0 spiro atoms. The lowest BCUT2D eigenvalue weighted by molar-refractivity contribution is -0.162. The zero-order valence-electron chi connectivity index (χ0n) is 24.3. The Morgan fingerprint density at radius 3 is 2.39 bits per heavy atom. The van der Waals surface area contributed by atoms with Crippen LogP contribution in [0.15, 0.2) is 55.5 Å². The van der Waals surface area contributed by atoms with Crippen LogP contribution in [0, 0.1) is 0 Å². The molecule has 44 heavy (non-hydrogen) atoms. The molecule has 0 radical (unpaired) electrons. The van der Waals surface area contributed by atoms with Crippen LogP contribution in [0.4, 0.5) is 0 Å². The van der Waals surface area contributed by atoms with Gasteiger partial charge in [-0.25, -0.2) is 9.98 Å². The predicted octanol–water partition coefficient (Wildman–Crippen LogP) is 0.181. The topological polar surface area (TPSA) is 201 Å². The van der Waals surface area contributed by atoms with Gasteiger partial charge in [-0.05, 0) is 13.8 Å². The summed E-state index contributed by atoms with van der Waals surface area (Å²) in [6.07, 6.45) is -4.45. The molecule has 2 fully saturated rings. The van der Waals surface area contributed by atoms with Crippen LogP contribution in [0.5, 0.6) is 0 Å². The molecular weight excluding hydrogens is 616 g/mol. The fourth-order valence-electron chi connectivity index (χ4n) is 5.70. The number of hydrogen-bond donors (Lipinski definition) is 4. The Labute approximate surface area is 262 Å². The zero-order valence-corrected chi connectivity index (χ0v) is 25.9. The second kappa shape index (κ2) is 11.9. The second-order valence-corrected chi connectivity index (χ2v) is 12.6. The van der Waals surface area contributed by atoms with Crippen molar-refractivity contribution in [3.63, 3.8) is 0 Å². The number of amidine groups is 1. The number of aliphatic hydroxyl groups is 3. The SMILES string of the molecule is CC(=O)N1C2N([C@@H]3O[C@H](CO)C(O)C3O)C=NC2(C(C)=O)C(=N[C@H](C)CSC2(c3ccccc3)N=CN=N2)NC1(Cl)C(C)=O. The van der Waals surface area contributed by atoms with Gasteiger partial charge in [-0.2, -0.15) is 0 Å². The lowest BCUT2D eigenvalue weighted by Crippen LogP contribution is -2.81. The van der Waals surface area contributed by atoms with E-state index in [1.807, 2.05) is 30.3 Å². The van der Waals surface area contributed by atoms with Crippen LogP contribution in [0.25, 0.3) is 0 Å². The molecule has 0 aromatic heterocycles. The smallest absolute Gasteiger partial charge is 0.253 e. The number of rotatable bonds is 9. The summed E-state index contributed by atoms with van der Waals surface area (Å²) >= 11 is 8.24. The highest BCUT2D eigenvalue weighted by atomic mass is 35.5. The highest BCUT2D eigenvalue weighted by molar-refractivity contribution is 8.00. The average molecular weight is 649 g/mol.